The lowest BCUT2D eigenvalue weighted by molar-refractivity contribution is -0.386. The van der Waals surface area contributed by atoms with Crippen LogP contribution in [0.1, 0.15) is 18.0 Å². The van der Waals surface area contributed by atoms with E-state index < -0.39 is 22.4 Å². The number of rotatable bonds is 4. The van der Waals surface area contributed by atoms with E-state index in [4.69, 9.17) is 15.7 Å². The summed E-state index contributed by atoms with van der Waals surface area (Å²) in [6.45, 7) is 0. The third kappa shape index (κ3) is 2.62. The lowest BCUT2D eigenvalue weighted by Gasteiger charge is -2.11. The Morgan fingerprint density at radius 2 is 2.35 bits per heavy atom. The molecule has 0 aliphatic rings. The number of nitriles is 1. The van der Waals surface area contributed by atoms with Gasteiger partial charge in [0.25, 0.3) is 0 Å². The molecule has 1 rings (SSSR count). The zero-order valence-electron chi connectivity index (χ0n) is 9.08. The minimum absolute atomic E-state index is 0.0189. The smallest absolute Gasteiger partial charge is 0.314 e. The average Bonchev–Trinajstić information content (AvgIpc) is 2.29. The van der Waals surface area contributed by atoms with E-state index >= 15 is 0 Å². The minimum atomic E-state index is -0.736. The number of phenols is 1. The van der Waals surface area contributed by atoms with Crippen molar-refractivity contribution < 1.29 is 14.8 Å². The van der Waals surface area contributed by atoms with Crippen LogP contribution >= 0.6 is 0 Å². The van der Waals surface area contributed by atoms with Gasteiger partial charge in [-0.25, -0.2) is 0 Å². The third-order valence-electron chi connectivity index (χ3n) is 2.23. The van der Waals surface area contributed by atoms with E-state index in [0.717, 1.165) is 6.07 Å². The molecule has 17 heavy (non-hydrogen) atoms. The topological polar surface area (TPSA) is 122 Å². The summed E-state index contributed by atoms with van der Waals surface area (Å²) in [6, 6.07) is 3.73. The molecule has 0 aliphatic carbocycles. The van der Waals surface area contributed by atoms with Crippen molar-refractivity contribution in [3.8, 4) is 17.6 Å². The summed E-state index contributed by atoms with van der Waals surface area (Å²) in [7, 11) is 1.28. The SMILES string of the molecule is COc1cc([C@H](N)CC#N)cc([N+](=O)[O-])c1O. The number of hydrogen-bond donors (Lipinski definition) is 2. The number of nitrogens with two attached hydrogens (primary N) is 1. The van der Waals surface area contributed by atoms with Crippen LogP contribution in [0.25, 0.3) is 0 Å². The van der Waals surface area contributed by atoms with Gasteiger partial charge in [-0.15, -0.1) is 0 Å². The zero-order valence-corrected chi connectivity index (χ0v) is 9.08. The Morgan fingerprint density at radius 1 is 1.71 bits per heavy atom. The number of nitrogens with zero attached hydrogens (tertiary/aromatic N) is 2. The molecule has 1 aromatic carbocycles. The van der Waals surface area contributed by atoms with Crippen molar-refractivity contribution in [2.24, 2.45) is 5.73 Å². The summed E-state index contributed by atoms with van der Waals surface area (Å²) in [4.78, 5) is 9.97. The van der Waals surface area contributed by atoms with E-state index in [2.05, 4.69) is 0 Å². The molecule has 1 aromatic rings. The van der Waals surface area contributed by atoms with Crippen molar-refractivity contribution in [3.63, 3.8) is 0 Å². The molecule has 3 N–H and O–H groups in total. The number of nitro groups is 1. The van der Waals surface area contributed by atoms with E-state index in [1.165, 1.54) is 13.2 Å². The van der Waals surface area contributed by atoms with Gasteiger partial charge in [0.1, 0.15) is 0 Å². The fraction of sp³-hybridized carbons (Fsp3) is 0.300. The first kappa shape index (κ1) is 12.7. The number of benzene rings is 1. The maximum absolute atomic E-state index is 10.7. The van der Waals surface area contributed by atoms with Crippen LogP contribution in [0.4, 0.5) is 5.69 Å². The quantitative estimate of drug-likeness (QED) is 0.599. The molecule has 0 amide bonds. The van der Waals surface area contributed by atoms with Gasteiger partial charge in [0, 0.05) is 12.1 Å². The first-order chi connectivity index (χ1) is 8.01. The predicted molar refractivity (Wildman–Crippen MR) is 58.5 cm³/mol. The Labute approximate surface area is 97.2 Å². The second-order valence-corrected chi connectivity index (χ2v) is 3.32. The summed E-state index contributed by atoms with van der Waals surface area (Å²) in [6.07, 6.45) is 0.0189. The maximum atomic E-state index is 10.7. The lowest BCUT2D eigenvalue weighted by atomic mass is 10.0. The number of phenolic OH excluding ortho intramolecular Hbond substituents is 1. The van der Waals surface area contributed by atoms with Gasteiger partial charge in [0.15, 0.2) is 5.75 Å². The van der Waals surface area contributed by atoms with E-state index in [1.807, 2.05) is 6.07 Å². The minimum Gasteiger partial charge on any atom is -0.500 e. The molecule has 0 heterocycles. The first-order valence-corrected chi connectivity index (χ1v) is 4.69. The van der Waals surface area contributed by atoms with Crippen molar-refractivity contribution >= 4 is 5.69 Å². The molecule has 0 saturated heterocycles. The molecule has 0 spiro atoms. The second-order valence-electron chi connectivity index (χ2n) is 3.32. The van der Waals surface area contributed by atoms with Gasteiger partial charge in [0.2, 0.25) is 5.75 Å². The van der Waals surface area contributed by atoms with E-state index in [1.54, 1.807) is 0 Å². The Morgan fingerprint density at radius 3 is 2.82 bits per heavy atom. The van der Waals surface area contributed by atoms with Crippen LogP contribution < -0.4 is 10.5 Å². The van der Waals surface area contributed by atoms with Crippen LogP contribution in [0.3, 0.4) is 0 Å². The zero-order chi connectivity index (χ0) is 13.0. The fourth-order valence-corrected chi connectivity index (χ4v) is 1.34. The van der Waals surface area contributed by atoms with Crippen molar-refractivity contribution in [1.82, 2.24) is 0 Å². The molecule has 0 bridgehead atoms. The van der Waals surface area contributed by atoms with Crippen molar-refractivity contribution in [3.05, 3.63) is 27.8 Å². The van der Waals surface area contributed by atoms with Crippen LogP contribution in [-0.2, 0) is 0 Å². The van der Waals surface area contributed by atoms with Gasteiger partial charge in [0.05, 0.1) is 24.5 Å². The summed E-state index contributed by atoms with van der Waals surface area (Å²) < 4.78 is 4.81. The Kier molecular flexibility index (Phi) is 3.85. The molecule has 0 aromatic heterocycles. The summed E-state index contributed by atoms with van der Waals surface area (Å²) in [5.41, 5.74) is 5.54. The van der Waals surface area contributed by atoms with Crippen LogP contribution in [0, 0.1) is 21.4 Å². The molecular weight excluding hydrogens is 226 g/mol. The largest absolute Gasteiger partial charge is 0.500 e. The van der Waals surface area contributed by atoms with Crippen LogP contribution in [0.5, 0.6) is 11.5 Å². The van der Waals surface area contributed by atoms with Gasteiger partial charge in [-0.3, -0.25) is 10.1 Å². The number of hydrogen-bond acceptors (Lipinski definition) is 6. The number of aromatic hydroxyl groups is 1. The molecular formula is C10H11N3O4. The Bertz CT molecular complexity index is 481. The highest BCUT2D eigenvalue weighted by atomic mass is 16.6. The molecule has 0 aliphatic heterocycles. The Balaban J connectivity index is 3.30. The number of methoxy groups -OCH3 is 1. The molecule has 7 heteroatoms. The van der Waals surface area contributed by atoms with E-state index in [-0.39, 0.29) is 12.2 Å². The van der Waals surface area contributed by atoms with Gasteiger partial charge in [-0.05, 0) is 11.6 Å². The maximum Gasteiger partial charge on any atom is 0.314 e. The fourth-order valence-electron chi connectivity index (χ4n) is 1.34. The summed E-state index contributed by atoms with van der Waals surface area (Å²) in [5.74, 6) is -0.590. The number of nitro benzene ring substituents is 1. The van der Waals surface area contributed by atoms with Crippen molar-refractivity contribution in [1.29, 1.82) is 5.26 Å². The third-order valence-corrected chi connectivity index (χ3v) is 2.23. The van der Waals surface area contributed by atoms with E-state index in [9.17, 15) is 15.2 Å². The molecule has 0 radical (unpaired) electrons. The van der Waals surface area contributed by atoms with Gasteiger partial charge in [-0.1, -0.05) is 0 Å². The lowest BCUT2D eigenvalue weighted by Crippen LogP contribution is -2.10. The Hall–Kier alpha value is -2.33. The standard InChI is InChI=1S/C10H11N3O4/c1-17-9-5-6(7(12)2-3-11)4-8(10(9)14)13(15)16/h4-5,7,14H,2,12H2,1H3/t7-/m1/s1. The second kappa shape index (κ2) is 5.14. The average molecular weight is 237 g/mol. The monoisotopic (exact) mass is 237 g/mol. The van der Waals surface area contributed by atoms with Crippen LogP contribution in [0.2, 0.25) is 0 Å². The number of ether oxygens (including phenoxy) is 1. The highest BCUT2D eigenvalue weighted by molar-refractivity contribution is 5.57. The van der Waals surface area contributed by atoms with Gasteiger partial charge >= 0.3 is 5.69 Å². The summed E-state index contributed by atoms with van der Waals surface area (Å²) >= 11 is 0. The van der Waals surface area contributed by atoms with Crippen LogP contribution in [-0.4, -0.2) is 17.1 Å². The van der Waals surface area contributed by atoms with Crippen LogP contribution in [0.15, 0.2) is 12.1 Å². The molecule has 7 nitrogen and oxygen atoms in total. The highest BCUT2D eigenvalue weighted by Crippen LogP contribution is 2.38. The molecule has 0 unspecified atom stereocenters. The molecule has 90 valence electrons. The summed E-state index contributed by atoms with van der Waals surface area (Å²) in [5, 5.41) is 28.7. The van der Waals surface area contributed by atoms with Gasteiger partial charge in [-0.2, -0.15) is 5.26 Å². The van der Waals surface area contributed by atoms with Crippen molar-refractivity contribution in [2.45, 2.75) is 12.5 Å². The first-order valence-electron chi connectivity index (χ1n) is 4.69. The normalized spacial score (nSPS) is 11.6. The molecule has 0 saturated carbocycles. The van der Waals surface area contributed by atoms with Crippen molar-refractivity contribution in [2.75, 3.05) is 7.11 Å². The molecule has 1 atom stereocenters. The van der Waals surface area contributed by atoms with E-state index in [0.29, 0.717) is 5.56 Å². The highest BCUT2D eigenvalue weighted by Gasteiger charge is 2.21. The molecule has 0 fully saturated rings. The predicted octanol–water partition coefficient (Wildman–Crippen LogP) is 1.22. The van der Waals surface area contributed by atoms with Gasteiger partial charge < -0.3 is 15.6 Å².